The van der Waals surface area contributed by atoms with Crippen molar-refractivity contribution in [2.24, 2.45) is 11.7 Å². The molecule has 0 heterocycles. The van der Waals surface area contributed by atoms with E-state index in [0.717, 1.165) is 24.5 Å². The smallest absolute Gasteiger partial charge is 0.122 e. The lowest BCUT2D eigenvalue weighted by molar-refractivity contribution is 0.220. The largest absolute Gasteiger partial charge is 0.496 e. The van der Waals surface area contributed by atoms with Crippen LogP contribution in [0.4, 0.5) is 0 Å². The minimum Gasteiger partial charge on any atom is -0.496 e. The molecule has 0 radical (unpaired) electrons. The number of rotatable bonds is 3. The van der Waals surface area contributed by atoms with Crippen LogP contribution in [0.2, 0.25) is 0 Å². The summed E-state index contributed by atoms with van der Waals surface area (Å²) in [5, 5.41) is 0. The standard InChI is InChI=1S/C17H27NO/c1-5-14-7-6-8-17(18,11-14)15-9-13(3)16(19-4)10-12(15)2/h9-10,14H,5-8,11,18H2,1-4H3. The Morgan fingerprint density at radius 1 is 1.32 bits per heavy atom. The summed E-state index contributed by atoms with van der Waals surface area (Å²) in [5.41, 5.74) is 10.4. The van der Waals surface area contributed by atoms with Crippen LogP contribution < -0.4 is 10.5 Å². The van der Waals surface area contributed by atoms with Crippen LogP contribution in [0.3, 0.4) is 0 Å². The first kappa shape index (κ1) is 14.4. The summed E-state index contributed by atoms with van der Waals surface area (Å²) in [5.74, 6) is 1.74. The molecule has 2 unspecified atom stereocenters. The Kier molecular flexibility index (Phi) is 4.19. The third-order valence-electron chi connectivity index (χ3n) is 4.74. The van der Waals surface area contributed by atoms with Gasteiger partial charge >= 0.3 is 0 Å². The maximum Gasteiger partial charge on any atom is 0.122 e. The SMILES string of the molecule is CCC1CCCC(N)(c2cc(C)c(OC)cc2C)C1. The van der Waals surface area contributed by atoms with Gasteiger partial charge in [0.25, 0.3) is 0 Å². The molecule has 1 aliphatic carbocycles. The van der Waals surface area contributed by atoms with Gasteiger partial charge in [0.2, 0.25) is 0 Å². The van der Waals surface area contributed by atoms with Crippen LogP contribution in [0.1, 0.15) is 55.7 Å². The third-order valence-corrected chi connectivity index (χ3v) is 4.74. The van der Waals surface area contributed by atoms with Gasteiger partial charge in [-0.3, -0.25) is 0 Å². The first-order valence-corrected chi connectivity index (χ1v) is 7.44. The van der Waals surface area contributed by atoms with Gasteiger partial charge in [0.05, 0.1) is 7.11 Å². The lowest BCUT2D eigenvalue weighted by atomic mass is 9.70. The number of methoxy groups -OCH3 is 1. The average molecular weight is 261 g/mol. The highest BCUT2D eigenvalue weighted by Crippen LogP contribution is 2.41. The zero-order valence-corrected chi connectivity index (χ0v) is 12.8. The van der Waals surface area contributed by atoms with Crippen molar-refractivity contribution in [1.29, 1.82) is 0 Å². The molecule has 106 valence electrons. The molecule has 0 bridgehead atoms. The molecule has 2 heteroatoms. The molecule has 0 saturated heterocycles. The fourth-order valence-electron chi connectivity index (χ4n) is 3.56. The molecule has 2 rings (SSSR count). The van der Waals surface area contributed by atoms with Crippen molar-refractivity contribution in [1.82, 2.24) is 0 Å². The molecular formula is C17H27NO. The van der Waals surface area contributed by atoms with E-state index in [1.807, 2.05) is 0 Å². The maximum absolute atomic E-state index is 6.77. The molecule has 1 saturated carbocycles. The number of aryl methyl sites for hydroxylation is 2. The molecule has 19 heavy (non-hydrogen) atoms. The lowest BCUT2D eigenvalue weighted by Crippen LogP contribution is -2.42. The van der Waals surface area contributed by atoms with Gasteiger partial charge < -0.3 is 10.5 Å². The van der Waals surface area contributed by atoms with Crippen LogP contribution in [0.5, 0.6) is 5.75 Å². The number of benzene rings is 1. The Balaban J connectivity index is 2.37. The molecule has 2 atom stereocenters. The van der Waals surface area contributed by atoms with Gasteiger partial charge in [0.15, 0.2) is 0 Å². The second-order valence-corrected chi connectivity index (χ2v) is 6.16. The van der Waals surface area contributed by atoms with Gasteiger partial charge in [0, 0.05) is 5.54 Å². The summed E-state index contributed by atoms with van der Waals surface area (Å²) >= 11 is 0. The topological polar surface area (TPSA) is 35.2 Å². The molecule has 1 aliphatic rings. The summed E-state index contributed by atoms with van der Waals surface area (Å²) < 4.78 is 5.40. The van der Waals surface area contributed by atoms with E-state index >= 15 is 0 Å². The minimum atomic E-state index is -0.139. The van der Waals surface area contributed by atoms with E-state index in [2.05, 4.69) is 32.9 Å². The third kappa shape index (κ3) is 2.79. The second kappa shape index (κ2) is 5.54. The van der Waals surface area contributed by atoms with Crippen molar-refractivity contribution < 1.29 is 4.74 Å². The first-order valence-electron chi connectivity index (χ1n) is 7.44. The van der Waals surface area contributed by atoms with Crippen LogP contribution in [0.15, 0.2) is 12.1 Å². The van der Waals surface area contributed by atoms with Gasteiger partial charge in [-0.2, -0.15) is 0 Å². The van der Waals surface area contributed by atoms with Gasteiger partial charge in [-0.1, -0.05) is 32.3 Å². The highest BCUT2D eigenvalue weighted by molar-refractivity contribution is 5.44. The second-order valence-electron chi connectivity index (χ2n) is 6.16. The summed E-state index contributed by atoms with van der Waals surface area (Å²) in [4.78, 5) is 0. The molecule has 1 fully saturated rings. The molecule has 1 aromatic rings. The maximum atomic E-state index is 6.77. The summed E-state index contributed by atoms with van der Waals surface area (Å²) in [6, 6.07) is 4.38. The Morgan fingerprint density at radius 2 is 2.05 bits per heavy atom. The van der Waals surface area contributed by atoms with E-state index in [1.165, 1.54) is 36.0 Å². The number of hydrogen-bond acceptors (Lipinski definition) is 2. The van der Waals surface area contributed by atoms with E-state index in [-0.39, 0.29) is 5.54 Å². The summed E-state index contributed by atoms with van der Waals surface area (Å²) in [6.45, 7) is 6.54. The van der Waals surface area contributed by atoms with Crippen LogP contribution in [-0.2, 0) is 5.54 Å². The predicted molar refractivity (Wildman–Crippen MR) is 80.6 cm³/mol. The quantitative estimate of drug-likeness (QED) is 0.890. The van der Waals surface area contributed by atoms with Crippen LogP contribution in [0.25, 0.3) is 0 Å². The van der Waals surface area contributed by atoms with Gasteiger partial charge in [-0.15, -0.1) is 0 Å². The first-order chi connectivity index (χ1) is 9.00. The van der Waals surface area contributed by atoms with E-state index in [9.17, 15) is 0 Å². The van der Waals surface area contributed by atoms with E-state index in [1.54, 1.807) is 7.11 Å². The highest BCUT2D eigenvalue weighted by Gasteiger charge is 2.35. The molecule has 0 aliphatic heterocycles. The number of ether oxygens (including phenoxy) is 1. The van der Waals surface area contributed by atoms with Gasteiger partial charge in [-0.05, 0) is 55.4 Å². The summed E-state index contributed by atoms with van der Waals surface area (Å²) in [7, 11) is 1.73. The summed E-state index contributed by atoms with van der Waals surface area (Å²) in [6.07, 6.45) is 6.06. The van der Waals surface area contributed by atoms with E-state index in [0.29, 0.717) is 0 Å². The van der Waals surface area contributed by atoms with Gasteiger partial charge in [-0.25, -0.2) is 0 Å². The lowest BCUT2D eigenvalue weighted by Gasteiger charge is -2.39. The molecule has 2 N–H and O–H groups in total. The predicted octanol–water partition coefficient (Wildman–Crippen LogP) is 4.07. The van der Waals surface area contributed by atoms with E-state index < -0.39 is 0 Å². The number of nitrogens with two attached hydrogens (primary N) is 1. The van der Waals surface area contributed by atoms with Crippen LogP contribution in [0, 0.1) is 19.8 Å². The van der Waals surface area contributed by atoms with Crippen molar-refractivity contribution >= 4 is 0 Å². The fraction of sp³-hybridized carbons (Fsp3) is 0.647. The Bertz CT molecular complexity index is 455. The molecule has 0 amide bonds. The Morgan fingerprint density at radius 3 is 2.68 bits per heavy atom. The highest BCUT2D eigenvalue weighted by atomic mass is 16.5. The van der Waals surface area contributed by atoms with Crippen molar-refractivity contribution in [2.75, 3.05) is 7.11 Å². The number of hydrogen-bond donors (Lipinski definition) is 1. The van der Waals surface area contributed by atoms with Crippen molar-refractivity contribution in [3.05, 3.63) is 28.8 Å². The Labute approximate surface area is 117 Å². The molecule has 2 nitrogen and oxygen atoms in total. The fourth-order valence-corrected chi connectivity index (χ4v) is 3.56. The van der Waals surface area contributed by atoms with Crippen LogP contribution >= 0.6 is 0 Å². The molecular weight excluding hydrogens is 234 g/mol. The Hall–Kier alpha value is -1.02. The molecule has 0 aromatic heterocycles. The van der Waals surface area contributed by atoms with Gasteiger partial charge in [0.1, 0.15) is 5.75 Å². The van der Waals surface area contributed by atoms with Crippen molar-refractivity contribution in [2.45, 2.75) is 58.4 Å². The van der Waals surface area contributed by atoms with Crippen molar-refractivity contribution in [3.8, 4) is 5.75 Å². The monoisotopic (exact) mass is 261 g/mol. The van der Waals surface area contributed by atoms with E-state index in [4.69, 9.17) is 10.5 Å². The van der Waals surface area contributed by atoms with Crippen LogP contribution in [-0.4, -0.2) is 7.11 Å². The molecule has 1 aromatic carbocycles. The molecule has 0 spiro atoms. The normalized spacial score (nSPS) is 27.3. The van der Waals surface area contributed by atoms with Crippen molar-refractivity contribution in [3.63, 3.8) is 0 Å². The average Bonchev–Trinajstić information content (AvgIpc) is 2.40. The zero-order chi connectivity index (χ0) is 14.0. The minimum absolute atomic E-state index is 0.139. The zero-order valence-electron chi connectivity index (χ0n) is 12.8.